The molecule has 72 valence electrons. The summed E-state index contributed by atoms with van der Waals surface area (Å²) in [6, 6.07) is 0. The summed E-state index contributed by atoms with van der Waals surface area (Å²) in [5.41, 5.74) is -0.0434. The van der Waals surface area contributed by atoms with Gasteiger partial charge < -0.3 is 0 Å². The van der Waals surface area contributed by atoms with Crippen LogP contribution in [0, 0.1) is 11.3 Å². The second-order valence-electron chi connectivity index (χ2n) is 3.94. The van der Waals surface area contributed by atoms with Gasteiger partial charge in [-0.15, -0.1) is 0 Å². The van der Waals surface area contributed by atoms with Crippen LogP contribution in [-0.2, 0) is 4.79 Å². The van der Waals surface area contributed by atoms with Crippen molar-refractivity contribution in [2.24, 2.45) is 11.3 Å². The van der Waals surface area contributed by atoms with Crippen molar-refractivity contribution in [3.63, 3.8) is 0 Å². The van der Waals surface area contributed by atoms with Crippen LogP contribution < -0.4 is 0 Å². The Morgan fingerprint density at radius 3 is 2.17 bits per heavy atom. The van der Waals surface area contributed by atoms with Crippen LogP contribution >= 0.6 is 0 Å². The Morgan fingerprint density at radius 1 is 1.33 bits per heavy atom. The van der Waals surface area contributed by atoms with Crippen LogP contribution in [0.4, 0.5) is 0 Å². The summed E-state index contributed by atoms with van der Waals surface area (Å²) in [5, 5.41) is 0. The van der Waals surface area contributed by atoms with Crippen molar-refractivity contribution < 1.29 is 4.79 Å². The van der Waals surface area contributed by atoms with Gasteiger partial charge in [-0.1, -0.05) is 34.6 Å². The number of rotatable bonds is 0. The minimum absolute atomic E-state index is 0.0434. The molecular weight excluding hydrogens is 148 g/mol. The van der Waals surface area contributed by atoms with Crippen LogP contribution in [0.15, 0.2) is 0 Å². The van der Waals surface area contributed by atoms with E-state index in [2.05, 4.69) is 20.8 Å². The van der Waals surface area contributed by atoms with Gasteiger partial charge in [0.2, 0.25) is 0 Å². The third-order valence-electron chi connectivity index (χ3n) is 2.99. The number of ketones is 1. The highest BCUT2D eigenvalue weighted by Gasteiger charge is 2.35. The van der Waals surface area contributed by atoms with Gasteiger partial charge in [0.1, 0.15) is 5.78 Å². The Hall–Kier alpha value is -0.330. The Morgan fingerprint density at radius 2 is 1.83 bits per heavy atom. The summed E-state index contributed by atoms with van der Waals surface area (Å²) >= 11 is 0. The lowest BCUT2D eigenvalue weighted by Gasteiger charge is -2.34. The van der Waals surface area contributed by atoms with Gasteiger partial charge in [-0.3, -0.25) is 4.79 Å². The molecular formula is C11H22O. The maximum atomic E-state index is 11.3. The van der Waals surface area contributed by atoms with Crippen molar-refractivity contribution in [3.05, 3.63) is 0 Å². The highest BCUT2D eigenvalue weighted by atomic mass is 16.1. The molecule has 0 N–H and O–H groups in total. The van der Waals surface area contributed by atoms with Gasteiger partial charge in [0, 0.05) is 11.8 Å². The number of hydrogen-bond acceptors (Lipinski definition) is 1. The predicted octanol–water partition coefficient (Wildman–Crippen LogP) is 3.43. The fourth-order valence-electron chi connectivity index (χ4n) is 1.53. The second kappa shape index (κ2) is 4.64. The number of hydrogen-bond donors (Lipinski definition) is 0. The van der Waals surface area contributed by atoms with Gasteiger partial charge in [-0.2, -0.15) is 0 Å². The lowest BCUT2D eigenvalue weighted by Crippen LogP contribution is -2.34. The van der Waals surface area contributed by atoms with Gasteiger partial charge in [0.15, 0.2) is 0 Å². The SMILES string of the molecule is CC.CC1CCCC(=O)C1(C)C. The van der Waals surface area contributed by atoms with E-state index in [-0.39, 0.29) is 5.41 Å². The van der Waals surface area contributed by atoms with Crippen molar-refractivity contribution in [1.29, 1.82) is 0 Å². The molecule has 0 aromatic rings. The zero-order chi connectivity index (χ0) is 9.78. The molecule has 0 radical (unpaired) electrons. The Balaban J connectivity index is 0.000000561. The summed E-state index contributed by atoms with van der Waals surface area (Å²) in [5.74, 6) is 1.03. The predicted molar refractivity (Wildman–Crippen MR) is 53.2 cm³/mol. The van der Waals surface area contributed by atoms with Gasteiger partial charge in [0.25, 0.3) is 0 Å². The Bertz CT molecular complexity index is 147. The molecule has 1 fully saturated rings. The quantitative estimate of drug-likeness (QED) is 0.544. The van der Waals surface area contributed by atoms with E-state index < -0.39 is 0 Å². The molecule has 0 aromatic heterocycles. The molecule has 1 atom stereocenters. The standard InChI is InChI=1S/C9H16O.C2H6/c1-7-5-4-6-8(10)9(7,2)3;1-2/h7H,4-6H2,1-3H3;1-2H3. The van der Waals surface area contributed by atoms with Gasteiger partial charge in [-0.05, 0) is 18.8 Å². The molecule has 0 spiro atoms. The lowest BCUT2D eigenvalue weighted by molar-refractivity contribution is -0.132. The minimum Gasteiger partial charge on any atom is -0.299 e. The molecule has 1 nitrogen and oxygen atoms in total. The summed E-state index contributed by atoms with van der Waals surface area (Å²) in [6.07, 6.45) is 3.12. The Kier molecular flexibility index (Phi) is 4.51. The number of carbonyl (C=O) groups excluding carboxylic acids is 1. The molecule has 1 unspecified atom stereocenters. The van der Waals surface area contributed by atoms with Crippen LogP contribution in [0.1, 0.15) is 53.9 Å². The molecule has 0 saturated heterocycles. The lowest BCUT2D eigenvalue weighted by atomic mass is 9.69. The largest absolute Gasteiger partial charge is 0.299 e. The highest BCUT2D eigenvalue weighted by molar-refractivity contribution is 5.84. The summed E-state index contributed by atoms with van der Waals surface area (Å²) in [7, 11) is 0. The summed E-state index contributed by atoms with van der Waals surface area (Å²) in [6.45, 7) is 10.3. The molecule has 1 aliphatic rings. The first-order chi connectivity index (χ1) is 5.55. The molecule has 0 bridgehead atoms. The number of Topliss-reactive ketones (excluding diaryl/α,β-unsaturated/α-hetero) is 1. The fraction of sp³-hybridized carbons (Fsp3) is 0.909. The second-order valence-corrected chi connectivity index (χ2v) is 3.94. The van der Waals surface area contributed by atoms with Crippen molar-refractivity contribution >= 4 is 5.78 Å². The first-order valence-electron chi connectivity index (χ1n) is 5.08. The van der Waals surface area contributed by atoms with Gasteiger partial charge in [0.05, 0.1) is 0 Å². The van der Waals surface area contributed by atoms with E-state index in [1.165, 1.54) is 6.42 Å². The molecule has 1 heteroatoms. The fourth-order valence-corrected chi connectivity index (χ4v) is 1.53. The molecule has 1 saturated carbocycles. The maximum absolute atomic E-state index is 11.3. The van der Waals surface area contributed by atoms with Gasteiger partial charge >= 0.3 is 0 Å². The molecule has 1 rings (SSSR count). The number of carbonyl (C=O) groups is 1. The average molecular weight is 170 g/mol. The monoisotopic (exact) mass is 170 g/mol. The van der Waals surface area contributed by atoms with Crippen LogP contribution in [-0.4, -0.2) is 5.78 Å². The van der Waals surface area contributed by atoms with E-state index in [0.29, 0.717) is 11.7 Å². The molecule has 0 amide bonds. The first-order valence-corrected chi connectivity index (χ1v) is 5.08. The third kappa shape index (κ3) is 2.33. The van der Waals surface area contributed by atoms with E-state index in [9.17, 15) is 4.79 Å². The van der Waals surface area contributed by atoms with Crippen molar-refractivity contribution in [1.82, 2.24) is 0 Å². The van der Waals surface area contributed by atoms with E-state index in [0.717, 1.165) is 12.8 Å². The topological polar surface area (TPSA) is 17.1 Å². The normalized spacial score (nSPS) is 27.4. The average Bonchev–Trinajstić information content (AvgIpc) is 2.05. The Labute approximate surface area is 76.6 Å². The van der Waals surface area contributed by atoms with Crippen LogP contribution in [0.5, 0.6) is 0 Å². The third-order valence-corrected chi connectivity index (χ3v) is 2.99. The molecule has 0 heterocycles. The molecule has 12 heavy (non-hydrogen) atoms. The van der Waals surface area contributed by atoms with Crippen molar-refractivity contribution in [2.75, 3.05) is 0 Å². The van der Waals surface area contributed by atoms with Crippen LogP contribution in [0.3, 0.4) is 0 Å². The highest BCUT2D eigenvalue weighted by Crippen LogP contribution is 2.37. The van der Waals surface area contributed by atoms with E-state index in [4.69, 9.17) is 0 Å². The minimum atomic E-state index is -0.0434. The summed E-state index contributed by atoms with van der Waals surface area (Å²) < 4.78 is 0. The van der Waals surface area contributed by atoms with E-state index >= 15 is 0 Å². The molecule has 0 aromatic carbocycles. The molecule has 0 aliphatic heterocycles. The zero-order valence-corrected chi connectivity index (χ0v) is 9.11. The van der Waals surface area contributed by atoms with Gasteiger partial charge in [-0.25, -0.2) is 0 Å². The van der Waals surface area contributed by atoms with Crippen LogP contribution in [0.25, 0.3) is 0 Å². The van der Waals surface area contributed by atoms with E-state index in [1.807, 2.05) is 13.8 Å². The molecule has 1 aliphatic carbocycles. The van der Waals surface area contributed by atoms with Crippen molar-refractivity contribution in [3.8, 4) is 0 Å². The smallest absolute Gasteiger partial charge is 0.138 e. The van der Waals surface area contributed by atoms with Crippen molar-refractivity contribution in [2.45, 2.75) is 53.9 Å². The van der Waals surface area contributed by atoms with Crippen LogP contribution in [0.2, 0.25) is 0 Å². The first kappa shape index (κ1) is 11.7. The summed E-state index contributed by atoms with van der Waals surface area (Å²) in [4.78, 5) is 11.3. The maximum Gasteiger partial charge on any atom is 0.138 e. The zero-order valence-electron chi connectivity index (χ0n) is 9.11. The van der Waals surface area contributed by atoms with E-state index in [1.54, 1.807) is 0 Å².